The summed E-state index contributed by atoms with van der Waals surface area (Å²) in [6.07, 6.45) is 1.73. The van der Waals surface area contributed by atoms with Crippen molar-refractivity contribution in [3.05, 3.63) is 34.9 Å². The highest BCUT2D eigenvalue weighted by Crippen LogP contribution is 2.31. The Hall–Kier alpha value is -1.11. The molecule has 1 unspecified atom stereocenters. The first-order chi connectivity index (χ1) is 6.18. The van der Waals surface area contributed by atoms with Crippen LogP contribution in [0.15, 0.2) is 18.2 Å². The molecule has 1 nitrogen and oxygen atoms in total. The van der Waals surface area contributed by atoms with Gasteiger partial charge in [-0.2, -0.15) is 0 Å². The van der Waals surface area contributed by atoms with Gasteiger partial charge in [0.05, 0.1) is 0 Å². The average Bonchev–Trinajstić information content (AvgIpc) is 2.12. The molecule has 0 aliphatic heterocycles. The molecule has 0 amide bonds. The monoisotopic (exact) mass is 174 g/mol. The van der Waals surface area contributed by atoms with Gasteiger partial charge in [0.25, 0.3) is 0 Å². The summed E-state index contributed by atoms with van der Waals surface area (Å²) < 4.78 is 0. The lowest BCUT2D eigenvalue weighted by Crippen LogP contribution is -2.13. The number of aryl methyl sites for hydroxylation is 1. The molecule has 0 saturated heterocycles. The van der Waals surface area contributed by atoms with Crippen LogP contribution < -0.4 is 0 Å². The van der Waals surface area contributed by atoms with Crippen LogP contribution in [0.1, 0.15) is 47.2 Å². The van der Waals surface area contributed by atoms with Gasteiger partial charge >= 0.3 is 0 Å². The third-order valence-corrected chi connectivity index (χ3v) is 2.84. The van der Waals surface area contributed by atoms with Gasteiger partial charge in [-0.25, -0.2) is 0 Å². The summed E-state index contributed by atoms with van der Waals surface area (Å²) in [5.41, 5.74) is 3.38. The Bertz CT molecular complexity index is 352. The molecule has 0 bridgehead atoms. The number of Topliss-reactive ketones (excluding diaryl/α,β-unsaturated/α-hetero) is 1. The van der Waals surface area contributed by atoms with Gasteiger partial charge < -0.3 is 0 Å². The molecule has 0 spiro atoms. The topological polar surface area (TPSA) is 17.1 Å². The number of hydrogen-bond donors (Lipinski definition) is 0. The van der Waals surface area contributed by atoms with E-state index in [0.29, 0.717) is 11.7 Å². The Morgan fingerprint density at radius 3 is 2.92 bits per heavy atom. The Morgan fingerprint density at radius 1 is 1.38 bits per heavy atom. The molecule has 1 aliphatic carbocycles. The third-order valence-electron chi connectivity index (χ3n) is 2.84. The van der Waals surface area contributed by atoms with Gasteiger partial charge in [0.1, 0.15) is 0 Å². The van der Waals surface area contributed by atoms with Crippen molar-refractivity contribution in [2.45, 2.75) is 32.6 Å². The minimum absolute atomic E-state index is 0.316. The van der Waals surface area contributed by atoms with Crippen LogP contribution in [0.2, 0.25) is 0 Å². The highest BCUT2D eigenvalue weighted by Gasteiger charge is 2.21. The molecule has 0 heterocycles. The molecular formula is C12H14O. The summed E-state index contributed by atoms with van der Waals surface area (Å²) in [6, 6.07) is 6.22. The summed E-state index contributed by atoms with van der Waals surface area (Å²) in [7, 11) is 0. The molecule has 1 aliphatic rings. The Labute approximate surface area is 78.8 Å². The van der Waals surface area contributed by atoms with Crippen molar-refractivity contribution in [2.75, 3.05) is 0 Å². The van der Waals surface area contributed by atoms with Crippen LogP contribution in [0, 0.1) is 6.92 Å². The van der Waals surface area contributed by atoms with Crippen molar-refractivity contribution < 1.29 is 4.79 Å². The largest absolute Gasteiger partial charge is 0.294 e. The zero-order chi connectivity index (χ0) is 9.42. The van der Waals surface area contributed by atoms with Gasteiger partial charge in [0.2, 0.25) is 0 Å². The zero-order valence-electron chi connectivity index (χ0n) is 8.13. The van der Waals surface area contributed by atoms with Crippen molar-refractivity contribution in [3.8, 4) is 0 Å². The predicted octanol–water partition coefficient (Wildman–Crippen LogP) is 3.08. The molecule has 0 radical (unpaired) electrons. The van der Waals surface area contributed by atoms with Crippen molar-refractivity contribution in [1.82, 2.24) is 0 Å². The number of carbonyl (C=O) groups excluding carboxylic acids is 1. The first kappa shape index (κ1) is 8.49. The van der Waals surface area contributed by atoms with E-state index in [1.165, 1.54) is 11.1 Å². The molecule has 0 fully saturated rings. The first-order valence-corrected chi connectivity index (χ1v) is 4.82. The lowest BCUT2D eigenvalue weighted by molar-refractivity contribution is 0.0968. The Balaban J connectivity index is 2.57. The number of fused-ring (bicyclic) bond motifs is 1. The summed E-state index contributed by atoms with van der Waals surface area (Å²) in [5, 5.41) is 0. The van der Waals surface area contributed by atoms with Crippen LogP contribution in [0.25, 0.3) is 0 Å². The van der Waals surface area contributed by atoms with E-state index in [-0.39, 0.29) is 0 Å². The third kappa shape index (κ3) is 1.39. The van der Waals surface area contributed by atoms with Crippen molar-refractivity contribution >= 4 is 5.78 Å². The minimum atomic E-state index is 0.316. The molecule has 0 aromatic heterocycles. The Kier molecular flexibility index (Phi) is 1.95. The second-order valence-electron chi connectivity index (χ2n) is 3.95. The maximum atomic E-state index is 11.6. The van der Waals surface area contributed by atoms with E-state index >= 15 is 0 Å². The highest BCUT2D eigenvalue weighted by molar-refractivity contribution is 5.98. The van der Waals surface area contributed by atoms with Gasteiger partial charge in [-0.3, -0.25) is 4.79 Å². The summed E-state index contributed by atoms with van der Waals surface area (Å²) in [5.74, 6) is 0.866. The van der Waals surface area contributed by atoms with Gasteiger partial charge in [0.15, 0.2) is 5.78 Å². The lowest BCUT2D eigenvalue weighted by atomic mass is 9.82. The maximum absolute atomic E-state index is 11.6. The van der Waals surface area contributed by atoms with Crippen molar-refractivity contribution in [3.63, 3.8) is 0 Å². The SMILES string of the molecule is Cc1ccc2c(c1)C(=O)CCC2C. The molecule has 68 valence electrons. The van der Waals surface area contributed by atoms with Crippen LogP contribution in [0.3, 0.4) is 0 Å². The fourth-order valence-electron chi connectivity index (χ4n) is 1.98. The lowest BCUT2D eigenvalue weighted by Gasteiger charge is -2.21. The Morgan fingerprint density at radius 2 is 2.15 bits per heavy atom. The van der Waals surface area contributed by atoms with Crippen LogP contribution in [-0.2, 0) is 0 Å². The fraction of sp³-hybridized carbons (Fsp3) is 0.417. The van der Waals surface area contributed by atoms with Gasteiger partial charge in [-0.05, 0) is 30.9 Å². The fourth-order valence-corrected chi connectivity index (χ4v) is 1.98. The second kappa shape index (κ2) is 2.99. The van der Waals surface area contributed by atoms with E-state index < -0.39 is 0 Å². The van der Waals surface area contributed by atoms with Crippen LogP contribution >= 0.6 is 0 Å². The van der Waals surface area contributed by atoms with E-state index in [1.807, 2.05) is 13.0 Å². The quantitative estimate of drug-likeness (QED) is 0.590. The number of carbonyl (C=O) groups is 1. The van der Waals surface area contributed by atoms with Crippen LogP contribution in [0.5, 0.6) is 0 Å². The zero-order valence-corrected chi connectivity index (χ0v) is 8.13. The van der Waals surface area contributed by atoms with E-state index in [0.717, 1.165) is 18.4 Å². The summed E-state index contributed by atoms with van der Waals surface area (Å²) >= 11 is 0. The van der Waals surface area contributed by atoms with Gasteiger partial charge in [-0.1, -0.05) is 24.6 Å². The van der Waals surface area contributed by atoms with Gasteiger partial charge in [-0.15, -0.1) is 0 Å². The second-order valence-corrected chi connectivity index (χ2v) is 3.95. The van der Waals surface area contributed by atoms with E-state index in [2.05, 4.69) is 19.1 Å². The van der Waals surface area contributed by atoms with Crippen LogP contribution in [-0.4, -0.2) is 5.78 Å². The summed E-state index contributed by atoms with van der Waals surface area (Å²) in [6.45, 7) is 4.23. The normalized spacial score (nSPS) is 21.4. The number of benzene rings is 1. The van der Waals surface area contributed by atoms with Crippen molar-refractivity contribution in [2.24, 2.45) is 0 Å². The highest BCUT2D eigenvalue weighted by atomic mass is 16.1. The molecule has 1 aromatic rings. The number of ketones is 1. The molecule has 2 rings (SSSR count). The maximum Gasteiger partial charge on any atom is 0.163 e. The average molecular weight is 174 g/mol. The molecule has 0 saturated carbocycles. The minimum Gasteiger partial charge on any atom is -0.294 e. The van der Waals surface area contributed by atoms with E-state index in [4.69, 9.17) is 0 Å². The molecule has 1 heteroatoms. The number of rotatable bonds is 0. The predicted molar refractivity (Wildman–Crippen MR) is 53.2 cm³/mol. The van der Waals surface area contributed by atoms with Crippen molar-refractivity contribution in [1.29, 1.82) is 0 Å². The van der Waals surface area contributed by atoms with E-state index in [1.54, 1.807) is 0 Å². The molecule has 1 aromatic carbocycles. The molecular weight excluding hydrogens is 160 g/mol. The first-order valence-electron chi connectivity index (χ1n) is 4.82. The molecule has 0 N–H and O–H groups in total. The summed E-state index contributed by atoms with van der Waals surface area (Å²) in [4.78, 5) is 11.6. The molecule has 1 atom stereocenters. The van der Waals surface area contributed by atoms with E-state index in [9.17, 15) is 4.79 Å². The smallest absolute Gasteiger partial charge is 0.163 e. The van der Waals surface area contributed by atoms with Crippen LogP contribution in [0.4, 0.5) is 0 Å². The molecule has 13 heavy (non-hydrogen) atoms. The standard InChI is InChI=1S/C12H14O/c1-8-3-5-10-9(2)4-6-12(13)11(10)7-8/h3,5,7,9H,4,6H2,1-2H3. The van der Waals surface area contributed by atoms with Gasteiger partial charge in [0, 0.05) is 12.0 Å². The number of hydrogen-bond acceptors (Lipinski definition) is 1.